The molecule has 0 spiro atoms. The van der Waals surface area contributed by atoms with E-state index in [1.165, 1.54) is 49.8 Å². The molecule has 3 aromatic rings. The van der Waals surface area contributed by atoms with Crippen molar-refractivity contribution >= 4 is 39.3 Å². The summed E-state index contributed by atoms with van der Waals surface area (Å²) in [6, 6.07) is 8.03. The van der Waals surface area contributed by atoms with E-state index < -0.39 is 28.8 Å². The van der Waals surface area contributed by atoms with Gasteiger partial charge in [0.2, 0.25) is 0 Å². The Hall–Kier alpha value is -3.61. The van der Waals surface area contributed by atoms with Crippen LogP contribution in [0.15, 0.2) is 60.8 Å². The first-order valence-corrected chi connectivity index (χ1v) is 14.7. The Labute approximate surface area is 251 Å². The van der Waals surface area contributed by atoms with Crippen LogP contribution in [0, 0.1) is 5.92 Å². The number of carbonyl (C=O) groups is 1. The number of alkyl halides is 2. The maximum atomic E-state index is 13.4. The van der Waals surface area contributed by atoms with Crippen LogP contribution in [0.5, 0.6) is 23.0 Å². The van der Waals surface area contributed by atoms with Crippen molar-refractivity contribution in [2.75, 3.05) is 13.7 Å². The molecule has 1 fully saturated rings. The third kappa shape index (κ3) is 8.24. The van der Waals surface area contributed by atoms with Crippen molar-refractivity contribution in [1.82, 2.24) is 0 Å². The predicted octanol–water partition coefficient (Wildman–Crippen LogP) is 6.20. The van der Waals surface area contributed by atoms with E-state index in [9.17, 15) is 22.0 Å². The van der Waals surface area contributed by atoms with Crippen LogP contribution >= 0.6 is 23.2 Å². The number of hydrogen-bond acceptors (Lipinski definition) is 8. The van der Waals surface area contributed by atoms with Gasteiger partial charge in [0, 0.05) is 18.1 Å². The minimum absolute atomic E-state index is 0.0143. The van der Waals surface area contributed by atoms with Crippen LogP contribution in [0.2, 0.25) is 10.0 Å². The lowest BCUT2D eigenvalue weighted by Gasteiger charge is -2.21. The monoisotopic (exact) mass is 644 g/mol. The Morgan fingerprint density at radius 3 is 2.38 bits per heavy atom. The second kappa shape index (κ2) is 13.6. The molecule has 0 radical (unpaired) electrons. The minimum atomic E-state index is -4.17. The van der Waals surface area contributed by atoms with E-state index >= 15 is 0 Å². The quantitative estimate of drug-likeness (QED) is 0.151. The van der Waals surface area contributed by atoms with Crippen LogP contribution < -0.4 is 23.4 Å². The molecule has 1 atom stereocenters. The summed E-state index contributed by atoms with van der Waals surface area (Å²) in [6.07, 6.45) is 3.86. The molecule has 1 saturated carbocycles. The highest BCUT2D eigenvalue weighted by Gasteiger charge is 2.27. The Balaban J connectivity index is 1.70. The molecule has 9 nitrogen and oxygen atoms in total. The summed E-state index contributed by atoms with van der Waals surface area (Å²) in [5.74, 6) is -0.903. The van der Waals surface area contributed by atoms with Gasteiger partial charge in [-0.25, -0.2) is 9.78 Å². The molecule has 1 aliphatic carbocycles. The number of H-pyrrole nitrogens is 1. The molecule has 1 aromatic heterocycles. The van der Waals surface area contributed by atoms with Gasteiger partial charge in [-0.2, -0.15) is 17.2 Å². The van der Waals surface area contributed by atoms with Crippen LogP contribution in [0.25, 0.3) is 0 Å². The fourth-order valence-corrected chi connectivity index (χ4v) is 4.81. The van der Waals surface area contributed by atoms with Crippen molar-refractivity contribution in [1.29, 1.82) is 0 Å². The fourth-order valence-electron chi connectivity index (χ4n) is 3.83. The third-order valence-corrected chi connectivity index (χ3v) is 7.67. The number of ether oxygens (including phenoxy) is 4. The summed E-state index contributed by atoms with van der Waals surface area (Å²) < 4.78 is 76.5. The average molecular weight is 645 g/mol. The SMILES string of the molecule is C=CS(=O)(=O)Oc1cc(C(=O)O[C@@H](Cc2c(Cl)c[nH+]cc2Cl)c2ccc(OC(F)F)c(OCC3CC3)c2)ccc1OC. The highest BCUT2D eigenvalue weighted by Crippen LogP contribution is 2.38. The van der Waals surface area contributed by atoms with E-state index in [0.29, 0.717) is 29.1 Å². The molecule has 0 aliphatic heterocycles. The molecule has 1 heterocycles. The van der Waals surface area contributed by atoms with Gasteiger partial charge in [0.1, 0.15) is 16.1 Å². The van der Waals surface area contributed by atoms with Crippen LogP contribution in [0.4, 0.5) is 8.78 Å². The van der Waals surface area contributed by atoms with Crippen molar-refractivity contribution in [2.24, 2.45) is 5.92 Å². The van der Waals surface area contributed by atoms with Gasteiger partial charge in [-0.3, -0.25) is 0 Å². The van der Waals surface area contributed by atoms with Crippen molar-refractivity contribution in [3.8, 4) is 23.0 Å². The van der Waals surface area contributed by atoms with E-state index in [2.05, 4.69) is 16.3 Å². The third-order valence-electron chi connectivity index (χ3n) is 6.17. The van der Waals surface area contributed by atoms with Crippen LogP contribution in [0.1, 0.15) is 40.4 Å². The number of nitrogens with one attached hydrogen (secondary N) is 1. The van der Waals surface area contributed by atoms with Gasteiger partial charge in [0.25, 0.3) is 0 Å². The predicted molar refractivity (Wildman–Crippen MR) is 149 cm³/mol. The Bertz CT molecular complexity index is 1550. The van der Waals surface area contributed by atoms with Crippen molar-refractivity contribution < 1.29 is 50.1 Å². The number of methoxy groups -OCH3 is 1. The Morgan fingerprint density at radius 1 is 1.07 bits per heavy atom. The number of benzene rings is 2. The summed E-state index contributed by atoms with van der Waals surface area (Å²) in [7, 11) is -2.87. The van der Waals surface area contributed by atoms with E-state index in [1.54, 1.807) is 0 Å². The topological polar surface area (TPSA) is 112 Å². The standard InChI is InChI=1S/C28H25Cl2F2NO8S/c1-3-42(35,36)41-26-11-18(7-8-22(26)37-2)27(34)39-24(12-19-20(29)13-33-14-21(19)30)17-6-9-23(40-28(31)32)25(10-17)38-15-16-4-5-16/h3,6-11,13-14,16,24,28H,1,4-5,12,15H2,2H3/p+1/t24-/m0/s1. The lowest BCUT2D eigenvalue weighted by molar-refractivity contribution is -0.377. The molecule has 1 aliphatic rings. The first-order valence-electron chi connectivity index (χ1n) is 12.5. The molecular weight excluding hydrogens is 619 g/mol. The number of esters is 1. The summed E-state index contributed by atoms with van der Waals surface area (Å²) in [5, 5.41) is 1.13. The normalized spacial score (nSPS) is 13.8. The summed E-state index contributed by atoms with van der Waals surface area (Å²) in [6.45, 7) is 0.420. The fraction of sp³-hybridized carbons (Fsp3) is 0.286. The largest absolute Gasteiger partial charge is 0.493 e. The van der Waals surface area contributed by atoms with E-state index in [1.807, 2.05) is 0 Å². The molecule has 4 rings (SSSR count). The minimum Gasteiger partial charge on any atom is -0.493 e. The Morgan fingerprint density at radius 2 is 1.76 bits per heavy atom. The molecule has 42 heavy (non-hydrogen) atoms. The number of rotatable bonds is 14. The maximum absolute atomic E-state index is 13.4. The van der Waals surface area contributed by atoms with Crippen molar-refractivity contribution in [2.45, 2.75) is 32.0 Å². The zero-order valence-corrected chi connectivity index (χ0v) is 24.5. The van der Waals surface area contributed by atoms with Crippen molar-refractivity contribution in [3.05, 3.63) is 87.5 Å². The molecular formula is C28H26Cl2F2NO8S+. The number of pyridine rings is 1. The Kier molecular flexibility index (Phi) is 10.1. The molecule has 1 N–H and O–H groups in total. The summed E-state index contributed by atoms with van der Waals surface area (Å²) in [5.41, 5.74) is 0.741. The second-order valence-corrected chi connectivity index (χ2v) is 11.5. The molecule has 0 amide bonds. The lowest BCUT2D eigenvalue weighted by Crippen LogP contribution is -2.16. The van der Waals surface area contributed by atoms with Gasteiger partial charge >= 0.3 is 22.7 Å². The van der Waals surface area contributed by atoms with Gasteiger partial charge in [-0.1, -0.05) is 35.8 Å². The van der Waals surface area contributed by atoms with Gasteiger partial charge in [0.15, 0.2) is 35.4 Å². The lowest BCUT2D eigenvalue weighted by atomic mass is 10.0. The van der Waals surface area contributed by atoms with Crippen LogP contribution in [-0.4, -0.2) is 34.7 Å². The zero-order valence-electron chi connectivity index (χ0n) is 22.1. The first kappa shape index (κ1) is 31.3. The van der Waals surface area contributed by atoms with E-state index in [4.69, 9.17) is 41.6 Å². The van der Waals surface area contributed by atoms with Crippen LogP contribution in [0.3, 0.4) is 0 Å². The number of halogens is 4. The zero-order chi connectivity index (χ0) is 30.4. The van der Waals surface area contributed by atoms with E-state index in [-0.39, 0.29) is 45.0 Å². The first-order chi connectivity index (χ1) is 20.0. The van der Waals surface area contributed by atoms with Gasteiger partial charge in [-0.15, -0.1) is 0 Å². The number of aromatic nitrogens is 1. The average Bonchev–Trinajstić information content (AvgIpc) is 3.78. The summed E-state index contributed by atoms with van der Waals surface area (Å²) >= 11 is 12.7. The van der Waals surface area contributed by atoms with Crippen molar-refractivity contribution in [3.63, 3.8) is 0 Å². The molecule has 2 aromatic carbocycles. The van der Waals surface area contributed by atoms with Gasteiger partial charge in [-0.05, 0) is 48.6 Å². The number of hydrogen-bond donors (Lipinski definition) is 0. The highest BCUT2D eigenvalue weighted by atomic mass is 35.5. The molecule has 0 saturated heterocycles. The number of carbonyl (C=O) groups excluding carboxylic acids is 1. The van der Waals surface area contributed by atoms with Gasteiger partial charge < -0.3 is 23.1 Å². The maximum Gasteiger partial charge on any atom is 0.387 e. The number of aromatic amines is 1. The molecule has 0 unspecified atom stereocenters. The molecule has 0 bridgehead atoms. The highest BCUT2D eigenvalue weighted by molar-refractivity contribution is 7.90. The molecule has 224 valence electrons. The van der Waals surface area contributed by atoms with Crippen LogP contribution in [-0.2, 0) is 21.3 Å². The smallest absolute Gasteiger partial charge is 0.387 e. The second-order valence-electron chi connectivity index (χ2n) is 9.18. The van der Waals surface area contributed by atoms with Gasteiger partial charge in [0.05, 0.1) is 24.7 Å². The van der Waals surface area contributed by atoms with E-state index in [0.717, 1.165) is 18.9 Å². The molecule has 14 heteroatoms. The summed E-state index contributed by atoms with van der Waals surface area (Å²) in [4.78, 5) is 16.2.